The molecule has 0 aromatic heterocycles. The molecule has 0 aromatic carbocycles. The number of carbonyl (C=O) groups excluding carboxylic acids is 1. The van der Waals surface area contributed by atoms with Crippen LogP contribution in [0.3, 0.4) is 0 Å². The predicted octanol–water partition coefficient (Wildman–Crippen LogP) is 0.695. The zero-order valence-electron chi connectivity index (χ0n) is 7.93. The Bertz CT molecular complexity index is 221. The Hall–Kier alpha value is -1.01. The van der Waals surface area contributed by atoms with Gasteiger partial charge in [0.05, 0.1) is 19.1 Å². The van der Waals surface area contributed by atoms with Crippen LogP contribution in [-0.4, -0.2) is 25.2 Å². The third-order valence-electron chi connectivity index (χ3n) is 1.99. The molecule has 1 unspecified atom stereocenters. The summed E-state index contributed by atoms with van der Waals surface area (Å²) in [4.78, 5) is 11.2. The van der Waals surface area contributed by atoms with E-state index in [1.54, 1.807) is 6.92 Å². The van der Waals surface area contributed by atoms with Gasteiger partial charge in [0.15, 0.2) is 0 Å². The molecule has 1 amide bonds. The molecule has 3 heteroatoms. The van der Waals surface area contributed by atoms with E-state index >= 15 is 0 Å². The van der Waals surface area contributed by atoms with Crippen LogP contribution in [0.25, 0.3) is 0 Å². The molecular weight excluding hydrogens is 166 g/mol. The van der Waals surface area contributed by atoms with Crippen molar-refractivity contribution in [3.8, 4) is 11.8 Å². The summed E-state index contributed by atoms with van der Waals surface area (Å²) in [5.74, 6) is 5.54. The molecule has 1 aliphatic heterocycles. The maximum absolute atomic E-state index is 11.2. The normalized spacial score (nSPS) is 20.5. The first-order valence-corrected chi connectivity index (χ1v) is 4.61. The van der Waals surface area contributed by atoms with Crippen LogP contribution in [0.15, 0.2) is 0 Å². The van der Waals surface area contributed by atoms with Crippen LogP contribution in [0.5, 0.6) is 0 Å². The van der Waals surface area contributed by atoms with Crippen LogP contribution in [0.1, 0.15) is 26.2 Å². The van der Waals surface area contributed by atoms with Crippen molar-refractivity contribution in [3.05, 3.63) is 0 Å². The molecule has 0 aliphatic carbocycles. The molecule has 0 aromatic rings. The number of carbonyl (C=O) groups is 1. The molecule has 0 bridgehead atoms. The van der Waals surface area contributed by atoms with Crippen LogP contribution >= 0.6 is 0 Å². The van der Waals surface area contributed by atoms with Gasteiger partial charge in [0.1, 0.15) is 0 Å². The largest absolute Gasteiger partial charge is 0.378 e. The van der Waals surface area contributed by atoms with Crippen molar-refractivity contribution in [2.24, 2.45) is 0 Å². The van der Waals surface area contributed by atoms with Crippen molar-refractivity contribution in [1.82, 2.24) is 5.32 Å². The highest BCUT2D eigenvalue weighted by molar-refractivity contribution is 5.76. The molecule has 72 valence electrons. The lowest BCUT2D eigenvalue weighted by atomic mass is 10.2. The van der Waals surface area contributed by atoms with Crippen molar-refractivity contribution in [1.29, 1.82) is 0 Å². The Morgan fingerprint density at radius 2 is 2.54 bits per heavy atom. The summed E-state index contributed by atoms with van der Waals surface area (Å²) in [6, 6.07) is 0. The highest BCUT2D eigenvalue weighted by Gasteiger charge is 2.18. The SMILES string of the molecule is CC#CCNC(=O)CC1CCCO1. The first kappa shape index (κ1) is 10.1. The Balaban J connectivity index is 2.11. The fourth-order valence-corrected chi connectivity index (χ4v) is 1.32. The first-order chi connectivity index (χ1) is 6.33. The van der Waals surface area contributed by atoms with Gasteiger partial charge >= 0.3 is 0 Å². The fraction of sp³-hybridized carbons (Fsp3) is 0.700. The van der Waals surface area contributed by atoms with Gasteiger partial charge in [0.25, 0.3) is 0 Å². The quantitative estimate of drug-likeness (QED) is 0.651. The van der Waals surface area contributed by atoms with Crippen LogP contribution < -0.4 is 5.32 Å². The number of hydrogen-bond donors (Lipinski definition) is 1. The molecule has 0 spiro atoms. The minimum absolute atomic E-state index is 0.0367. The van der Waals surface area contributed by atoms with Gasteiger partial charge in [-0.15, -0.1) is 5.92 Å². The number of hydrogen-bond acceptors (Lipinski definition) is 2. The first-order valence-electron chi connectivity index (χ1n) is 4.61. The van der Waals surface area contributed by atoms with Gasteiger partial charge in [-0.05, 0) is 19.8 Å². The molecular formula is C10H15NO2. The summed E-state index contributed by atoms with van der Waals surface area (Å²) >= 11 is 0. The molecule has 0 radical (unpaired) electrons. The highest BCUT2D eigenvalue weighted by Crippen LogP contribution is 2.14. The summed E-state index contributed by atoms with van der Waals surface area (Å²) in [5.41, 5.74) is 0. The minimum atomic E-state index is 0.0367. The zero-order valence-corrected chi connectivity index (χ0v) is 7.93. The summed E-state index contributed by atoms with van der Waals surface area (Å²) < 4.78 is 5.33. The smallest absolute Gasteiger partial charge is 0.223 e. The van der Waals surface area contributed by atoms with Gasteiger partial charge in [-0.25, -0.2) is 0 Å². The van der Waals surface area contributed by atoms with Gasteiger partial charge in [-0.3, -0.25) is 4.79 Å². The second-order valence-electron chi connectivity index (χ2n) is 3.04. The van der Waals surface area contributed by atoms with Gasteiger partial charge in [0, 0.05) is 6.61 Å². The molecule has 1 N–H and O–H groups in total. The molecule has 1 fully saturated rings. The second-order valence-corrected chi connectivity index (χ2v) is 3.04. The Morgan fingerprint density at radius 1 is 1.69 bits per heavy atom. The highest BCUT2D eigenvalue weighted by atomic mass is 16.5. The lowest BCUT2D eigenvalue weighted by Gasteiger charge is -2.07. The van der Waals surface area contributed by atoms with E-state index in [0.29, 0.717) is 13.0 Å². The Kier molecular flexibility index (Phi) is 4.34. The van der Waals surface area contributed by atoms with E-state index in [-0.39, 0.29) is 12.0 Å². The maximum atomic E-state index is 11.2. The predicted molar refractivity (Wildman–Crippen MR) is 50.1 cm³/mol. The van der Waals surface area contributed by atoms with Crippen molar-refractivity contribution in [3.63, 3.8) is 0 Å². The lowest BCUT2D eigenvalue weighted by molar-refractivity contribution is -0.122. The van der Waals surface area contributed by atoms with E-state index in [4.69, 9.17) is 4.74 Å². The van der Waals surface area contributed by atoms with E-state index in [1.807, 2.05) is 0 Å². The molecule has 1 atom stereocenters. The maximum Gasteiger partial charge on any atom is 0.223 e. The van der Waals surface area contributed by atoms with E-state index < -0.39 is 0 Å². The Labute approximate surface area is 78.8 Å². The van der Waals surface area contributed by atoms with Gasteiger partial charge in [-0.1, -0.05) is 5.92 Å². The standard InChI is InChI=1S/C10H15NO2/c1-2-3-6-11-10(12)8-9-5-4-7-13-9/h9H,4-8H2,1H3,(H,11,12). The van der Waals surface area contributed by atoms with Crippen molar-refractivity contribution in [2.45, 2.75) is 32.3 Å². The summed E-state index contributed by atoms with van der Waals surface area (Å²) in [6.45, 7) is 3.00. The fourth-order valence-electron chi connectivity index (χ4n) is 1.32. The van der Waals surface area contributed by atoms with Crippen molar-refractivity contribution in [2.75, 3.05) is 13.2 Å². The minimum Gasteiger partial charge on any atom is -0.378 e. The molecule has 1 aliphatic rings. The third kappa shape index (κ3) is 3.95. The molecule has 1 saturated heterocycles. The number of amides is 1. The van der Waals surface area contributed by atoms with E-state index in [1.165, 1.54) is 0 Å². The number of nitrogens with one attached hydrogen (secondary N) is 1. The average Bonchev–Trinajstić information content (AvgIpc) is 2.57. The zero-order chi connectivity index (χ0) is 9.52. The molecule has 1 rings (SSSR count). The molecule has 0 saturated carbocycles. The average molecular weight is 181 g/mol. The van der Waals surface area contributed by atoms with E-state index in [9.17, 15) is 4.79 Å². The lowest BCUT2D eigenvalue weighted by Crippen LogP contribution is -2.27. The summed E-state index contributed by atoms with van der Waals surface area (Å²) in [5, 5.41) is 2.72. The van der Waals surface area contributed by atoms with E-state index in [2.05, 4.69) is 17.2 Å². The van der Waals surface area contributed by atoms with E-state index in [0.717, 1.165) is 19.4 Å². The monoisotopic (exact) mass is 181 g/mol. The second kappa shape index (κ2) is 5.60. The molecule has 3 nitrogen and oxygen atoms in total. The van der Waals surface area contributed by atoms with Crippen LogP contribution in [0.2, 0.25) is 0 Å². The van der Waals surface area contributed by atoms with Gasteiger partial charge in [-0.2, -0.15) is 0 Å². The summed E-state index contributed by atoms with van der Waals surface area (Å²) in [6.07, 6.45) is 2.69. The Morgan fingerprint density at radius 3 is 3.15 bits per heavy atom. The van der Waals surface area contributed by atoms with Gasteiger partial charge < -0.3 is 10.1 Å². The molecule has 1 heterocycles. The summed E-state index contributed by atoms with van der Waals surface area (Å²) in [7, 11) is 0. The number of rotatable bonds is 3. The topological polar surface area (TPSA) is 38.3 Å². The van der Waals surface area contributed by atoms with Crippen LogP contribution in [0, 0.1) is 11.8 Å². The van der Waals surface area contributed by atoms with Crippen molar-refractivity contribution < 1.29 is 9.53 Å². The number of ether oxygens (including phenoxy) is 1. The van der Waals surface area contributed by atoms with Crippen LogP contribution in [-0.2, 0) is 9.53 Å². The van der Waals surface area contributed by atoms with Crippen molar-refractivity contribution >= 4 is 5.91 Å². The third-order valence-corrected chi connectivity index (χ3v) is 1.99. The molecule has 13 heavy (non-hydrogen) atoms. The van der Waals surface area contributed by atoms with Gasteiger partial charge in [0.2, 0.25) is 5.91 Å². The van der Waals surface area contributed by atoms with Crippen LogP contribution in [0.4, 0.5) is 0 Å².